The van der Waals surface area contributed by atoms with E-state index in [1.807, 2.05) is 30.3 Å². The van der Waals surface area contributed by atoms with Gasteiger partial charge >= 0.3 is 0 Å². The molecule has 1 saturated carbocycles. The molecule has 0 saturated heterocycles. The van der Waals surface area contributed by atoms with Crippen molar-refractivity contribution in [1.29, 1.82) is 0 Å². The fourth-order valence-corrected chi connectivity index (χ4v) is 6.08. The van der Waals surface area contributed by atoms with E-state index in [0.29, 0.717) is 22.8 Å². The third kappa shape index (κ3) is 3.32. The fourth-order valence-electron chi connectivity index (χ4n) is 6.08. The summed E-state index contributed by atoms with van der Waals surface area (Å²) in [6.07, 6.45) is -1.53. The van der Waals surface area contributed by atoms with E-state index in [9.17, 15) is 15.0 Å². The summed E-state index contributed by atoms with van der Waals surface area (Å²) < 4.78 is 23.3. The number of rotatable bonds is 6. The highest BCUT2D eigenvalue weighted by atomic mass is 16.5. The zero-order valence-electron chi connectivity index (χ0n) is 21.5. The van der Waals surface area contributed by atoms with Crippen molar-refractivity contribution < 1.29 is 34.0 Å². The van der Waals surface area contributed by atoms with Crippen molar-refractivity contribution in [2.24, 2.45) is 5.92 Å². The molecule has 194 valence electrons. The number of amides is 1. The van der Waals surface area contributed by atoms with Gasteiger partial charge in [0.2, 0.25) is 5.91 Å². The average Bonchev–Trinajstić information content (AvgIpc) is 3.30. The highest BCUT2D eigenvalue weighted by Crippen LogP contribution is 2.70. The van der Waals surface area contributed by atoms with E-state index in [-0.39, 0.29) is 17.2 Å². The van der Waals surface area contributed by atoms with Gasteiger partial charge in [-0.1, -0.05) is 42.5 Å². The molecule has 1 aliphatic carbocycles. The van der Waals surface area contributed by atoms with E-state index in [1.165, 1.54) is 19.1 Å². The summed E-state index contributed by atoms with van der Waals surface area (Å²) in [5.41, 5.74) is -2.04. The van der Waals surface area contributed by atoms with Gasteiger partial charge in [-0.25, -0.2) is 0 Å². The van der Waals surface area contributed by atoms with Crippen LogP contribution in [0.1, 0.15) is 22.6 Å². The van der Waals surface area contributed by atoms with Crippen LogP contribution in [0.2, 0.25) is 0 Å². The monoisotopic (exact) mass is 505 g/mol. The van der Waals surface area contributed by atoms with E-state index < -0.39 is 29.1 Å². The van der Waals surface area contributed by atoms with Crippen LogP contribution < -0.4 is 18.9 Å². The molecule has 8 nitrogen and oxygen atoms in total. The minimum atomic E-state index is -2.05. The summed E-state index contributed by atoms with van der Waals surface area (Å²) in [5, 5.41) is 24.8. The third-order valence-corrected chi connectivity index (χ3v) is 7.68. The zero-order chi connectivity index (χ0) is 26.5. The third-order valence-electron chi connectivity index (χ3n) is 7.68. The maximum Gasteiger partial charge on any atom is 0.228 e. The Morgan fingerprint density at radius 3 is 2.14 bits per heavy atom. The van der Waals surface area contributed by atoms with Crippen LogP contribution in [-0.4, -0.2) is 62.5 Å². The van der Waals surface area contributed by atoms with Gasteiger partial charge in [-0.15, -0.1) is 0 Å². The lowest BCUT2D eigenvalue weighted by Gasteiger charge is -2.41. The summed E-state index contributed by atoms with van der Waals surface area (Å²) in [6, 6.07) is 19.8. The molecule has 5 atom stereocenters. The summed E-state index contributed by atoms with van der Waals surface area (Å²) in [6.45, 7) is 0. The average molecular weight is 506 g/mol. The molecule has 3 aromatic carbocycles. The van der Waals surface area contributed by atoms with Gasteiger partial charge in [-0.3, -0.25) is 4.79 Å². The highest BCUT2D eigenvalue weighted by Gasteiger charge is 2.78. The summed E-state index contributed by atoms with van der Waals surface area (Å²) in [7, 11) is 7.84. The molecular weight excluding hydrogens is 474 g/mol. The molecule has 0 spiro atoms. The molecular formula is C29H31NO7. The molecule has 1 heterocycles. The molecule has 0 radical (unpaired) electrons. The summed E-state index contributed by atoms with van der Waals surface area (Å²) in [4.78, 5) is 15.1. The second-order valence-corrected chi connectivity index (χ2v) is 9.63. The maximum absolute atomic E-state index is 13.7. The SMILES string of the molecule is COc1ccc([C@@]23Oc4cc(OC)cc(OC)c4[C@]2(O)[C@@H](O)[C@@H](C(=O)N(C)C)[C@H]3c2ccccc2)cc1. The van der Waals surface area contributed by atoms with E-state index in [4.69, 9.17) is 18.9 Å². The molecule has 0 aromatic heterocycles. The Kier molecular flexibility index (Phi) is 6.04. The minimum Gasteiger partial charge on any atom is -0.497 e. The number of benzene rings is 3. The second-order valence-electron chi connectivity index (χ2n) is 9.63. The molecule has 2 aliphatic rings. The first-order chi connectivity index (χ1) is 17.7. The predicted octanol–water partition coefficient (Wildman–Crippen LogP) is 3.05. The number of carbonyl (C=O) groups excluding carboxylic acids is 1. The number of carbonyl (C=O) groups is 1. The van der Waals surface area contributed by atoms with Gasteiger partial charge < -0.3 is 34.1 Å². The maximum atomic E-state index is 13.7. The fraction of sp³-hybridized carbons (Fsp3) is 0.345. The second kappa shape index (κ2) is 8.97. The largest absolute Gasteiger partial charge is 0.497 e. The number of ether oxygens (including phenoxy) is 4. The molecule has 8 heteroatoms. The lowest BCUT2D eigenvalue weighted by atomic mass is 9.70. The molecule has 1 aliphatic heterocycles. The van der Waals surface area contributed by atoms with Crippen molar-refractivity contribution in [2.75, 3.05) is 35.4 Å². The standard InChI is InChI=1S/C29H31NO7/c1-30(2)27(32)23-24(17-9-7-6-8-10-17)29(18-11-13-19(34-3)14-12-18)28(33,26(23)31)25-21(36-5)15-20(35-4)16-22(25)37-29/h6-16,23-24,26,31,33H,1-5H3/t23-,24+,26-,28-,29-/m0/s1. The number of hydrogen-bond donors (Lipinski definition) is 2. The minimum absolute atomic E-state index is 0.272. The zero-order valence-corrected chi connectivity index (χ0v) is 21.5. The van der Waals surface area contributed by atoms with Crippen LogP contribution in [0.15, 0.2) is 66.7 Å². The predicted molar refractivity (Wildman–Crippen MR) is 136 cm³/mol. The first kappa shape index (κ1) is 24.9. The number of fused-ring (bicyclic) bond motifs is 3. The molecule has 37 heavy (non-hydrogen) atoms. The van der Waals surface area contributed by atoms with Crippen molar-refractivity contribution in [1.82, 2.24) is 4.90 Å². The van der Waals surface area contributed by atoms with Gasteiger partial charge in [-0.05, 0) is 23.3 Å². The lowest BCUT2D eigenvalue weighted by molar-refractivity contribution is -0.156. The van der Waals surface area contributed by atoms with Crippen molar-refractivity contribution in [3.05, 3.63) is 83.4 Å². The molecule has 0 bridgehead atoms. The van der Waals surface area contributed by atoms with Crippen LogP contribution in [-0.2, 0) is 16.0 Å². The number of hydrogen-bond acceptors (Lipinski definition) is 7. The Balaban J connectivity index is 1.88. The number of aliphatic hydroxyl groups excluding tert-OH is 1. The van der Waals surface area contributed by atoms with Gasteiger partial charge in [0.1, 0.15) is 29.1 Å². The van der Waals surface area contributed by atoms with Crippen LogP contribution in [0.5, 0.6) is 23.0 Å². The van der Waals surface area contributed by atoms with Crippen LogP contribution in [0, 0.1) is 5.92 Å². The van der Waals surface area contributed by atoms with Crippen molar-refractivity contribution in [2.45, 2.75) is 23.2 Å². The Morgan fingerprint density at radius 1 is 0.919 bits per heavy atom. The van der Waals surface area contributed by atoms with Gasteiger partial charge in [0.05, 0.1) is 32.8 Å². The Morgan fingerprint density at radius 2 is 1.57 bits per heavy atom. The quantitative estimate of drug-likeness (QED) is 0.532. The van der Waals surface area contributed by atoms with Crippen molar-refractivity contribution in [3.8, 4) is 23.0 Å². The highest BCUT2D eigenvalue weighted by molar-refractivity contribution is 5.83. The van der Waals surface area contributed by atoms with E-state index in [2.05, 4.69) is 0 Å². The van der Waals surface area contributed by atoms with Crippen LogP contribution >= 0.6 is 0 Å². The summed E-state index contributed by atoms with van der Waals surface area (Å²) in [5.74, 6) is -0.426. The van der Waals surface area contributed by atoms with Gasteiger partial charge in [-0.2, -0.15) is 0 Å². The number of aliphatic hydroxyl groups is 2. The van der Waals surface area contributed by atoms with Gasteiger partial charge in [0, 0.05) is 32.1 Å². The number of methoxy groups -OCH3 is 3. The van der Waals surface area contributed by atoms with E-state index >= 15 is 0 Å². The Labute approximate surface area is 216 Å². The van der Waals surface area contributed by atoms with Crippen LogP contribution in [0.4, 0.5) is 0 Å². The smallest absolute Gasteiger partial charge is 0.228 e. The molecule has 3 aromatic rings. The normalized spacial score (nSPS) is 27.6. The van der Waals surface area contributed by atoms with Gasteiger partial charge in [0.15, 0.2) is 11.2 Å². The van der Waals surface area contributed by atoms with Crippen molar-refractivity contribution >= 4 is 5.91 Å². The van der Waals surface area contributed by atoms with Crippen LogP contribution in [0.3, 0.4) is 0 Å². The van der Waals surface area contributed by atoms with E-state index in [0.717, 1.165) is 5.56 Å². The van der Waals surface area contributed by atoms with Crippen LogP contribution in [0.25, 0.3) is 0 Å². The Hall–Kier alpha value is -3.75. The topological polar surface area (TPSA) is 97.7 Å². The molecule has 1 fully saturated rings. The Bertz CT molecular complexity index is 1310. The molecule has 5 rings (SSSR count). The lowest BCUT2D eigenvalue weighted by Crippen LogP contribution is -2.52. The molecule has 2 N–H and O–H groups in total. The number of nitrogens with zero attached hydrogens (tertiary/aromatic N) is 1. The first-order valence-electron chi connectivity index (χ1n) is 12.0. The van der Waals surface area contributed by atoms with Gasteiger partial charge in [0.25, 0.3) is 0 Å². The summed E-state index contributed by atoms with van der Waals surface area (Å²) >= 11 is 0. The first-order valence-corrected chi connectivity index (χ1v) is 12.0. The molecule has 1 amide bonds. The van der Waals surface area contributed by atoms with Crippen molar-refractivity contribution in [3.63, 3.8) is 0 Å². The molecule has 0 unspecified atom stereocenters. The van der Waals surface area contributed by atoms with E-state index in [1.54, 1.807) is 57.6 Å².